The van der Waals surface area contributed by atoms with Gasteiger partial charge in [0.05, 0.1) is 7.11 Å². The van der Waals surface area contributed by atoms with Gasteiger partial charge in [0.2, 0.25) is 0 Å². The fourth-order valence-electron chi connectivity index (χ4n) is 3.77. The Hall–Kier alpha value is -2.14. The first-order chi connectivity index (χ1) is 12.0. The molecular weight excluding hydrogens is 323 g/mol. The number of ketones is 1. The van der Waals surface area contributed by atoms with Gasteiger partial charge in [0.1, 0.15) is 11.4 Å². The number of methoxy groups -OCH3 is 1. The third kappa shape index (κ3) is 3.21. The molecule has 25 heavy (non-hydrogen) atoms. The standard InChI is InChI=1S/C20H23FO4/c1-4-5-15-11-20(19(10-17(15)22)24-12-25-20)13(2)8-14-6-7-18(23-3)16(21)9-14/h4,6-7,9-10,13,15H,1,5,8,11-12H2,2-3H3/t13-,15-,20+/m0/s1. The summed E-state index contributed by atoms with van der Waals surface area (Å²) in [5.41, 5.74) is 0.213. The van der Waals surface area contributed by atoms with Crippen LogP contribution in [0, 0.1) is 17.7 Å². The molecule has 3 rings (SSSR count). The molecule has 1 fully saturated rings. The molecule has 0 spiro atoms. The Morgan fingerprint density at radius 3 is 3.00 bits per heavy atom. The Labute approximate surface area is 147 Å². The van der Waals surface area contributed by atoms with E-state index in [2.05, 4.69) is 6.58 Å². The van der Waals surface area contributed by atoms with Gasteiger partial charge in [0.25, 0.3) is 0 Å². The molecule has 1 aliphatic heterocycles. The van der Waals surface area contributed by atoms with Crippen molar-refractivity contribution in [1.29, 1.82) is 0 Å². The predicted molar refractivity (Wildman–Crippen MR) is 91.6 cm³/mol. The van der Waals surface area contributed by atoms with E-state index in [1.165, 1.54) is 13.2 Å². The number of halogens is 1. The molecular formula is C20H23FO4. The zero-order valence-electron chi connectivity index (χ0n) is 14.6. The lowest BCUT2D eigenvalue weighted by Crippen LogP contribution is -2.44. The second kappa shape index (κ2) is 7.00. The van der Waals surface area contributed by atoms with E-state index in [0.29, 0.717) is 25.0 Å². The molecule has 5 heteroatoms. The van der Waals surface area contributed by atoms with Crippen molar-refractivity contribution in [2.75, 3.05) is 13.9 Å². The van der Waals surface area contributed by atoms with Gasteiger partial charge in [-0.05, 0) is 42.9 Å². The molecule has 0 saturated carbocycles. The Bertz CT molecular complexity index is 712. The highest BCUT2D eigenvalue weighted by atomic mass is 19.1. The fourth-order valence-corrected chi connectivity index (χ4v) is 3.77. The average molecular weight is 346 g/mol. The zero-order chi connectivity index (χ0) is 18.0. The summed E-state index contributed by atoms with van der Waals surface area (Å²) in [6.45, 7) is 5.92. The molecule has 0 unspecified atom stereocenters. The Morgan fingerprint density at radius 1 is 1.52 bits per heavy atom. The number of rotatable bonds is 6. The molecule has 134 valence electrons. The summed E-state index contributed by atoms with van der Waals surface area (Å²) >= 11 is 0. The van der Waals surface area contributed by atoms with E-state index in [9.17, 15) is 9.18 Å². The molecule has 0 amide bonds. The van der Waals surface area contributed by atoms with E-state index in [0.717, 1.165) is 5.56 Å². The Morgan fingerprint density at radius 2 is 2.32 bits per heavy atom. The van der Waals surface area contributed by atoms with Crippen LogP contribution < -0.4 is 4.74 Å². The van der Waals surface area contributed by atoms with Gasteiger partial charge in [-0.3, -0.25) is 4.79 Å². The highest BCUT2D eigenvalue weighted by Gasteiger charge is 2.51. The van der Waals surface area contributed by atoms with Crippen LogP contribution in [-0.4, -0.2) is 25.3 Å². The first kappa shape index (κ1) is 17.7. The van der Waals surface area contributed by atoms with Crippen molar-refractivity contribution >= 4 is 5.78 Å². The van der Waals surface area contributed by atoms with Gasteiger partial charge in [-0.1, -0.05) is 19.1 Å². The number of fused-ring (bicyclic) bond motifs is 1. The number of carbonyl (C=O) groups excluding carboxylic acids is 1. The summed E-state index contributed by atoms with van der Waals surface area (Å²) in [5.74, 6) is 0.364. The van der Waals surface area contributed by atoms with Gasteiger partial charge in [-0.2, -0.15) is 0 Å². The molecule has 3 atom stereocenters. The highest BCUT2D eigenvalue weighted by Crippen LogP contribution is 2.46. The van der Waals surface area contributed by atoms with Crippen molar-refractivity contribution in [3.8, 4) is 5.75 Å². The summed E-state index contributed by atoms with van der Waals surface area (Å²) in [4.78, 5) is 12.2. The molecule has 1 aromatic carbocycles. The van der Waals surface area contributed by atoms with Crippen LogP contribution in [0.25, 0.3) is 0 Å². The summed E-state index contributed by atoms with van der Waals surface area (Å²) in [5, 5.41) is 0. The molecule has 1 aliphatic carbocycles. The van der Waals surface area contributed by atoms with E-state index < -0.39 is 5.60 Å². The quantitative estimate of drug-likeness (QED) is 0.735. The topological polar surface area (TPSA) is 44.8 Å². The van der Waals surface area contributed by atoms with Crippen molar-refractivity contribution in [3.63, 3.8) is 0 Å². The molecule has 2 aliphatic rings. The Kier molecular flexibility index (Phi) is 4.95. The second-order valence-electron chi connectivity index (χ2n) is 6.71. The third-order valence-corrected chi connectivity index (χ3v) is 5.18. The van der Waals surface area contributed by atoms with Gasteiger partial charge in [0, 0.05) is 12.0 Å². The van der Waals surface area contributed by atoms with Crippen molar-refractivity contribution in [2.45, 2.75) is 31.8 Å². The first-order valence-electron chi connectivity index (χ1n) is 8.46. The van der Waals surface area contributed by atoms with E-state index >= 15 is 0 Å². The lowest BCUT2D eigenvalue weighted by atomic mass is 9.71. The minimum absolute atomic E-state index is 0.0226. The van der Waals surface area contributed by atoms with Crippen LogP contribution in [0.5, 0.6) is 5.75 Å². The summed E-state index contributed by atoms with van der Waals surface area (Å²) in [6.07, 6.45) is 5.10. The molecule has 4 nitrogen and oxygen atoms in total. The molecule has 0 bridgehead atoms. The highest BCUT2D eigenvalue weighted by molar-refractivity contribution is 5.93. The number of allylic oxidation sites excluding steroid dienone is 2. The maximum absolute atomic E-state index is 14.0. The maximum Gasteiger partial charge on any atom is 0.189 e. The number of hydrogen-bond acceptors (Lipinski definition) is 4. The zero-order valence-corrected chi connectivity index (χ0v) is 14.6. The Balaban J connectivity index is 1.85. The van der Waals surface area contributed by atoms with Crippen LogP contribution in [0.3, 0.4) is 0 Å². The van der Waals surface area contributed by atoms with Gasteiger partial charge in [-0.15, -0.1) is 6.58 Å². The van der Waals surface area contributed by atoms with E-state index in [-0.39, 0.29) is 36.0 Å². The number of ether oxygens (including phenoxy) is 3. The minimum Gasteiger partial charge on any atom is -0.494 e. The smallest absolute Gasteiger partial charge is 0.189 e. The lowest BCUT2D eigenvalue weighted by molar-refractivity contribution is -0.123. The van der Waals surface area contributed by atoms with Crippen molar-refractivity contribution < 1.29 is 23.4 Å². The van der Waals surface area contributed by atoms with Crippen LogP contribution in [0.4, 0.5) is 4.39 Å². The molecule has 1 heterocycles. The molecule has 0 aromatic heterocycles. The number of benzene rings is 1. The maximum atomic E-state index is 14.0. The van der Waals surface area contributed by atoms with Crippen LogP contribution >= 0.6 is 0 Å². The van der Waals surface area contributed by atoms with Gasteiger partial charge in [0.15, 0.2) is 24.1 Å². The van der Waals surface area contributed by atoms with Crippen LogP contribution in [0.2, 0.25) is 0 Å². The van der Waals surface area contributed by atoms with E-state index in [4.69, 9.17) is 14.2 Å². The fraction of sp³-hybridized carbons (Fsp3) is 0.450. The van der Waals surface area contributed by atoms with Crippen LogP contribution in [-0.2, 0) is 20.7 Å². The van der Waals surface area contributed by atoms with Gasteiger partial charge in [-0.25, -0.2) is 4.39 Å². The van der Waals surface area contributed by atoms with Crippen molar-refractivity contribution in [1.82, 2.24) is 0 Å². The van der Waals surface area contributed by atoms with E-state index in [1.54, 1.807) is 18.2 Å². The minimum atomic E-state index is -0.641. The molecule has 0 N–H and O–H groups in total. The van der Waals surface area contributed by atoms with Gasteiger partial charge < -0.3 is 14.2 Å². The lowest BCUT2D eigenvalue weighted by Gasteiger charge is -2.38. The summed E-state index contributed by atoms with van der Waals surface area (Å²) in [7, 11) is 1.44. The largest absolute Gasteiger partial charge is 0.494 e. The third-order valence-electron chi connectivity index (χ3n) is 5.18. The predicted octanol–water partition coefficient (Wildman–Crippen LogP) is 3.81. The first-order valence-corrected chi connectivity index (χ1v) is 8.46. The summed E-state index contributed by atoms with van der Waals surface area (Å²) < 4.78 is 30.5. The van der Waals surface area contributed by atoms with Crippen molar-refractivity contribution in [2.24, 2.45) is 11.8 Å². The number of carbonyl (C=O) groups is 1. The number of hydrogen-bond donors (Lipinski definition) is 0. The van der Waals surface area contributed by atoms with E-state index in [1.807, 2.05) is 13.0 Å². The monoisotopic (exact) mass is 346 g/mol. The normalized spacial score (nSPS) is 26.4. The summed E-state index contributed by atoms with van der Waals surface area (Å²) in [6, 6.07) is 4.96. The molecule has 0 radical (unpaired) electrons. The molecule has 1 saturated heterocycles. The average Bonchev–Trinajstić information content (AvgIpc) is 2.99. The van der Waals surface area contributed by atoms with Crippen LogP contribution in [0.15, 0.2) is 42.7 Å². The second-order valence-corrected chi connectivity index (χ2v) is 6.71. The van der Waals surface area contributed by atoms with Crippen molar-refractivity contribution in [3.05, 3.63) is 54.1 Å². The van der Waals surface area contributed by atoms with Gasteiger partial charge >= 0.3 is 0 Å². The van der Waals surface area contributed by atoms with Crippen LogP contribution in [0.1, 0.15) is 25.3 Å². The SMILES string of the molecule is C=CC[C@H]1C[C@]2([C@@H](C)Cc3ccc(OC)c(F)c3)OCOC2=CC1=O. The molecule has 1 aromatic rings.